The van der Waals surface area contributed by atoms with E-state index in [9.17, 15) is 4.39 Å². The molecule has 0 bridgehead atoms. The van der Waals surface area contributed by atoms with Crippen molar-refractivity contribution in [2.75, 3.05) is 46.8 Å². The van der Waals surface area contributed by atoms with Gasteiger partial charge >= 0.3 is 0 Å². The molecule has 1 aromatic rings. The van der Waals surface area contributed by atoms with Crippen LogP contribution in [0.2, 0.25) is 0 Å². The Balaban J connectivity index is 1.75. The van der Waals surface area contributed by atoms with Gasteiger partial charge in [0, 0.05) is 38.8 Å². The van der Waals surface area contributed by atoms with Crippen LogP contribution in [0.3, 0.4) is 0 Å². The first-order chi connectivity index (χ1) is 9.15. The number of benzene rings is 1. The highest BCUT2D eigenvalue weighted by atomic mass is 19.1. The lowest BCUT2D eigenvalue weighted by molar-refractivity contribution is 0.196. The van der Waals surface area contributed by atoms with Crippen LogP contribution in [0.15, 0.2) is 24.3 Å². The SMILES string of the molecule is CN1CCNC(CN(C)CCc2ccccc2F)C1. The minimum Gasteiger partial charge on any atom is -0.310 e. The van der Waals surface area contributed by atoms with E-state index in [2.05, 4.69) is 29.2 Å². The lowest BCUT2D eigenvalue weighted by Crippen LogP contribution is -2.53. The Labute approximate surface area is 115 Å². The number of piperazine rings is 1. The second kappa shape index (κ2) is 6.98. The molecular weight excluding hydrogens is 241 g/mol. The smallest absolute Gasteiger partial charge is 0.126 e. The first-order valence-corrected chi connectivity index (χ1v) is 6.99. The highest BCUT2D eigenvalue weighted by Gasteiger charge is 2.17. The first kappa shape index (κ1) is 14.4. The van der Waals surface area contributed by atoms with Gasteiger partial charge in [0.2, 0.25) is 0 Å². The van der Waals surface area contributed by atoms with Crippen molar-refractivity contribution in [2.45, 2.75) is 12.5 Å². The van der Waals surface area contributed by atoms with E-state index in [1.807, 2.05) is 12.1 Å². The molecule has 1 N–H and O–H groups in total. The van der Waals surface area contributed by atoms with Gasteiger partial charge in [-0.3, -0.25) is 0 Å². The maximum Gasteiger partial charge on any atom is 0.126 e. The van der Waals surface area contributed by atoms with Gasteiger partial charge in [-0.1, -0.05) is 18.2 Å². The van der Waals surface area contributed by atoms with Crippen molar-refractivity contribution in [1.29, 1.82) is 0 Å². The van der Waals surface area contributed by atoms with Crippen LogP contribution in [-0.2, 0) is 6.42 Å². The fourth-order valence-corrected chi connectivity index (χ4v) is 2.59. The quantitative estimate of drug-likeness (QED) is 0.863. The minimum absolute atomic E-state index is 0.0913. The molecule has 0 aliphatic carbocycles. The van der Waals surface area contributed by atoms with Gasteiger partial charge in [0.25, 0.3) is 0 Å². The summed E-state index contributed by atoms with van der Waals surface area (Å²) in [6.07, 6.45) is 0.770. The molecule has 1 aromatic carbocycles. The average Bonchev–Trinajstić information content (AvgIpc) is 2.38. The summed E-state index contributed by atoms with van der Waals surface area (Å²) in [4.78, 5) is 4.63. The van der Waals surface area contributed by atoms with E-state index >= 15 is 0 Å². The van der Waals surface area contributed by atoms with Gasteiger partial charge in [-0.15, -0.1) is 0 Å². The molecule has 106 valence electrons. The van der Waals surface area contributed by atoms with Crippen LogP contribution in [0.4, 0.5) is 4.39 Å². The Hall–Kier alpha value is -0.970. The van der Waals surface area contributed by atoms with Crippen molar-refractivity contribution in [3.63, 3.8) is 0 Å². The molecule has 0 amide bonds. The van der Waals surface area contributed by atoms with Crippen LogP contribution in [0.1, 0.15) is 5.56 Å². The number of likely N-dealkylation sites (N-methyl/N-ethyl adjacent to an activating group) is 2. The molecule has 1 atom stereocenters. The monoisotopic (exact) mass is 265 g/mol. The van der Waals surface area contributed by atoms with Crippen molar-refractivity contribution in [3.05, 3.63) is 35.6 Å². The van der Waals surface area contributed by atoms with E-state index in [0.29, 0.717) is 6.04 Å². The first-order valence-electron chi connectivity index (χ1n) is 6.99. The zero-order chi connectivity index (χ0) is 13.7. The molecule has 1 aliphatic heterocycles. The molecule has 1 unspecified atom stereocenters. The van der Waals surface area contributed by atoms with Crippen molar-refractivity contribution in [3.8, 4) is 0 Å². The second-order valence-corrected chi connectivity index (χ2v) is 5.52. The van der Waals surface area contributed by atoms with Crippen LogP contribution >= 0.6 is 0 Å². The normalized spacial score (nSPS) is 20.9. The predicted molar refractivity (Wildman–Crippen MR) is 76.9 cm³/mol. The Morgan fingerprint density at radius 3 is 2.95 bits per heavy atom. The molecule has 0 saturated carbocycles. The van der Waals surface area contributed by atoms with Crippen molar-refractivity contribution >= 4 is 0 Å². The van der Waals surface area contributed by atoms with Gasteiger partial charge in [-0.05, 0) is 32.1 Å². The molecule has 0 radical (unpaired) electrons. The molecule has 1 aliphatic rings. The number of nitrogens with zero attached hydrogens (tertiary/aromatic N) is 2. The fraction of sp³-hybridized carbons (Fsp3) is 0.600. The standard InChI is InChI=1S/C15H24FN3/c1-18(11-14-12-19(2)10-8-17-14)9-7-13-5-3-4-6-15(13)16/h3-6,14,17H,7-12H2,1-2H3. The third kappa shape index (κ3) is 4.56. The van der Waals surface area contributed by atoms with E-state index in [4.69, 9.17) is 0 Å². The lowest BCUT2D eigenvalue weighted by atomic mass is 10.1. The number of halogens is 1. The van der Waals surface area contributed by atoms with E-state index in [0.717, 1.165) is 44.7 Å². The topological polar surface area (TPSA) is 18.5 Å². The summed E-state index contributed by atoms with van der Waals surface area (Å²) >= 11 is 0. The van der Waals surface area contributed by atoms with E-state index in [-0.39, 0.29) is 5.82 Å². The maximum absolute atomic E-state index is 13.5. The van der Waals surface area contributed by atoms with Crippen molar-refractivity contribution in [1.82, 2.24) is 15.1 Å². The molecule has 2 rings (SSSR count). The Morgan fingerprint density at radius 2 is 2.21 bits per heavy atom. The summed E-state index contributed by atoms with van der Waals surface area (Å²) < 4.78 is 13.5. The van der Waals surface area contributed by atoms with Crippen LogP contribution < -0.4 is 5.32 Å². The van der Waals surface area contributed by atoms with Crippen molar-refractivity contribution < 1.29 is 4.39 Å². The molecule has 0 aromatic heterocycles. The van der Waals surface area contributed by atoms with E-state index in [1.54, 1.807) is 6.07 Å². The summed E-state index contributed by atoms with van der Waals surface area (Å²) in [5, 5.41) is 3.53. The van der Waals surface area contributed by atoms with Gasteiger partial charge in [0.1, 0.15) is 5.82 Å². The number of nitrogens with one attached hydrogen (secondary N) is 1. The summed E-state index contributed by atoms with van der Waals surface area (Å²) in [5.74, 6) is -0.0913. The van der Waals surface area contributed by atoms with Gasteiger partial charge < -0.3 is 15.1 Å². The van der Waals surface area contributed by atoms with Crippen LogP contribution in [0.25, 0.3) is 0 Å². The molecule has 1 heterocycles. The highest BCUT2D eigenvalue weighted by Crippen LogP contribution is 2.08. The zero-order valence-electron chi connectivity index (χ0n) is 11.9. The Morgan fingerprint density at radius 1 is 1.42 bits per heavy atom. The molecule has 3 nitrogen and oxygen atoms in total. The number of hydrogen-bond acceptors (Lipinski definition) is 3. The average molecular weight is 265 g/mol. The summed E-state index contributed by atoms with van der Waals surface area (Å²) in [6.45, 7) is 5.17. The Bertz CT molecular complexity index is 397. The van der Waals surface area contributed by atoms with Gasteiger partial charge in [-0.2, -0.15) is 0 Å². The van der Waals surface area contributed by atoms with Gasteiger partial charge in [0.05, 0.1) is 0 Å². The summed E-state index contributed by atoms with van der Waals surface area (Å²) in [5.41, 5.74) is 0.808. The summed E-state index contributed by atoms with van der Waals surface area (Å²) in [6, 6.07) is 7.56. The molecular formula is C15H24FN3. The lowest BCUT2D eigenvalue weighted by Gasteiger charge is -2.33. The van der Waals surface area contributed by atoms with Crippen LogP contribution in [0, 0.1) is 5.82 Å². The van der Waals surface area contributed by atoms with Gasteiger partial charge in [-0.25, -0.2) is 4.39 Å². The van der Waals surface area contributed by atoms with E-state index in [1.165, 1.54) is 6.07 Å². The van der Waals surface area contributed by atoms with Gasteiger partial charge in [0.15, 0.2) is 0 Å². The summed E-state index contributed by atoms with van der Waals surface area (Å²) in [7, 11) is 4.27. The zero-order valence-corrected chi connectivity index (χ0v) is 11.9. The maximum atomic E-state index is 13.5. The molecule has 1 saturated heterocycles. The third-order valence-electron chi connectivity index (χ3n) is 3.71. The fourth-order valence-electron chi connectivity index (χ4n) is 2.59. The third-order valence-corrected chi connectivity index (χ3v) is 3.71. The molecule has 0 spiro atoms. The predicted octanol–water partition coefficient (Wildman–Crippen LogP) is 1.20. The number of rotatable bonds is 5. The van der Waals surface area contributed by atoms with Crippen molar-refractivity contribution in [2.24, 2.45) is 0 Å². The van der Waals surface area contributed by atoms with E-state index < -0.39 is 0 Å². The molecule has 19 heavy (non-hydrogen) atoms. The minimum atomic E-state index is -0.0913. The molecule has 1 fully saturated rings. The highest BCUT2D eigenvalue weighted by molar-refractivity contribution is 5.17. The molecule has 4 heteroatoms. The second-order valence-electron chi connectivity index (χ2n) is 5.52. The van der Waals surface area contributed by atoms with Crippen LogP contribution in [-0.4, -0.2) is 62.7 Å². The number of hydrogen-bond donors (Lipinski definition) is 1. The largest absolute Gasteiger partial charge is 0.310 e. The Kier molecular flexibility index (Phi) is 5.31. The van der Waals surface area contributed by atoms with Crippen LogP contribution in [0.5, 0.6) is 0 Å².